The zero-order valence-electron chi connectivity index (χ0n) is 9.18. The van der Waals surface area contributed by atoms with Crippen molar-refractivity contribution in [1.82, 2.24) is 14.9 Å². The Balaban J connectivity index is 1.89. The van der Waals surface area contributed by atoms with Crippen molar-refractivity contribution in [1.29, 1.82) is 0 Å². The van der Waals surface area contributed by atoms with Gasteiger partial charge in [0.25, 0.3) is 0 Å². The van der Waals surface area contributed by atoms with Gasteiger partial charge in [-0.2, -0.15) is 4.98 Å². The highest BCUT2D eigenvalue weighted by Crippen LogP contribution is 2.17. The second kappa shape index (κ2) is 4.62. The number of nitrogens with two attached hydrogens (primary N) is 1. The van der Waals surface area contributed by atoms with Crippen LogP contribution in [0.2, 0.25) is 5.15 Å². The topological polar surface area (TPSA) is 93.4 Å². The third-order valence-electron chi connectivity index (χ3n) is 2.38. The number of nitrogens with zero attached hydrogens (tertiary/aromatic N) is 3. The molecule has 1 aromatic heterocycles. The minimum Gasteiger partial charge on any atom is -0.453 e. The highest BCUT2D eigenvalue weighted by Gasteiger charge is 2.31. The van der Waals surface area contributed by atoms with Crippen LogP contribution in [-0.4, -0.2) is 47.2 Å². The van der Waals surface area contributed by atoms with Gasteiger partial charge in [0, 0.05) is 19.2 Å². The Labute approximate surface area is 103 Å². The summed E-state index contributed by atoms with van der Waals surface area (Å²) in [6.07, 6.45) is -0.330. The van der Waals surface area contributed by atoms with Gasteiger partial charge in [-0.05, 0) is 0 Å². The minimum absolute atomic E-state index is 0.115. The van der Waals surface area contributed by atoms with Gasteiger partial charge in [0.05, 0.1) is 13.2 Å². The molecule has 92 valence electrons. The van der Waals surface area contributed by atoms with E-state index in [1.807, 2.05) is 0 Å². The number of aromatic nitrogens is 2. The second-order valence-corrected chi connectivity index (χ2v) is 4.04. The number of amides is 1. The largest absolute Gasteiger partial charge is 0.453 e. The van der Waals surface area contributed by atoms with E-state index in [2.05, 4.69) is 20.0 Å². The van der Waals surface area contributed by atoms with Crippen molar-refractivity contribution in [2.24, 2.45) is 0 Å². The number of methoxy groups -OCH3 is 1. The second-order valence-electron chi connectivity index (χ2n) is 3.65. The summed E-state index contributed by atoms with van der Waals surface area (Å²) in [6.45, 7) is 1.13. The van der Waals surface area contributed by atoms with Crippen molar-refractivity contribution in [3.05, 3.63) is 11.2 Å². The number of carbonyl (C=O) groups excluding carboxylic acids is 1. The Morgan fingerprint density at radius 1 is 1.65 bits per heavy atom. The molecule has 0 spiro atoms. The lowest BCUT2D eigenvalue weighted by molar-refractivity contribution is 0.0929. The van der Waals surface area contributed by atoms with Gasteiger partial charge >= 0.3 is 6.09 Å². The molecule has 1 saturated heterocycles. The maximum absolute atomic E-state index is 11.1. The monoisotopic (exact) mass is 257 g/mol. The third kappa shape index (κ3) is 2.68. The van der Waals surface area contributed by atoms with Crippen LogP contribution in [0.25, 0.3) is 0 Å². The van der Waals surface area contributed by atoms with Crippen molar-refractivity contribution in [2.75, 3.05) is 31.2 Å². The van der Waals surface area contributed by atoms with Crippen molar-refractivity contribution in [2.45, 2.75) is 6.04 Å². The summed E-state index contributed by atoms with van der Waals surface area (Å²) in [5.74, 6) is 0.668. The zero-order chi connectivity index (χ0) is 12.4. The van der Waals surface area contributed by atoms with Gasteiger partial charge in [0.2, 0.25) is 5.95 Å². The molecule has 7 nitrogen and oxygen atoms in total. The summed E-state index contributed by atoms with van der Waals surface area (Å²) in [4.78, 5) is 20.4. The number of nitrogen functional groups attached to an aromatic ring is 1. The molecule has 1 aliphatic heterocycles. The molecule has 8 heteroatoms. The van der Waals surface area contributed by atoms with Crippen LogP contribution in [0, 0.1) is 0 Å². The number of ether oxygens (including phenoxy) is 1. The molecule has 2 heterocycles. The van der Waals surface area contributed by atoms with Crippen LogP contribution in [0.5, 0.6) is 0 Å². The molecule has 0 radical (unpaired) electrons. The molecule has 0 aromatic carbocycles. The van der Waals surface area contributed by atoms with Crippen LogP contribution in [0.4, 0.5) is 16.6 Å². The highest BCUT2D eigenvalue weighted by atomic mass is 35.5. The van der Waals surface area contributed by atoms with Gasteiger partial charge in [-0.25, -0.2) is 9.78 Å². The molecule has 1 aromatic rings. The number of nitrogens with one attached hydrogen (secondary N) is 1. The number of likely N-dealkylation sites (tertiary alicyclic amines) is 1. The predicted molar refractivity (Wildman–Crippen MR) is 62.8 cm³/mol. The van der Waals surface area contributed by atoms with Crippen LogP contribution in [0.1, 0.15) is 0 Å². The molecule has 2 rings (SSSR count). The van der Waals surface area contributed by atoms with Crippen LogP contribution < -0.4 is 11.1 Å². The first-order valence-electron chi connectivity index (χ1n) is 4.98. The van der Waals surface area contributed by atoms with E-state index in [0.717, 1.165) is 0 Å². The third-order valence-corrected chi connectivity index (χ3v) is 2.57. The highest BCUT2D eigenvalue weighted by molar-refractivity contribution is 6.29. The summed E-state index contributed by atoms with van der Waals surface area (Å²) >= 11 is 5.74. The molecule has 1 aliphatic rings. The number of anilines is 2. The van der Waals surface area contributed by atoms with Crippen molar-refractivity contribution < 1.29 is 9.53 Å². The van der Waals surface area contributed by atoms with Crippen molar-refractivity contribution in [3.63, 3.8) is 0 Å². The first-order chi connectivity index (χ1) is 8.08. The van der Waals surface area contributed by atoms with Gasteiger partial charge in [0.15, 0.2) is 0 Å². The molecule has 0 aliphatic carbocycles. The Bertz CT molecular complexity index is 415. The first-order valence-corrected chi connectivity index (χ1v) is 5.36. The van der Waals surface area contributed by atoms with Gasteiger partial charge in [-0.3, -0.25) is 0 Å². The number of carbonyl (C=O) groups is 1. The van der Waals surface area contributed by atoms with E-state index in [4.69, 9.17) is 17.3 Å². The summed E-state index contributed by atoms with van der Waals surface area (Å²) in [6, 6.07) is 1.71. The zero-order valence-corrected chi connectivity index (χ0v) is 9.94. The molecule has 0 bridgehead atoms. The Morgan fingerprint density at radius 3 is 2.94 bits per heavy atom. The molecule has 0 saturated carbocycles. The predicted octanol–water partition coefficient (Wildman–Crippen LogP) is 0.575. The average molecular weight is 258 g/mol. The molecule has 17 heavy (non-hydrogen) atoms. The van der Waals surface area contributed by atoms with Crippen LogP contribution in [0.3, 0.4) is 0 Å². The van der Waals surface area contributed by atoms with E-state index < -0.39 is 0 Å². The molecule has 1 amide bonds. The molecular formula is C9H12ClN5O2. The van der Waals surface area contributed by atoms with Gasteiger partial charge in [-0.15, -0.1) is 0 Å². The summed E-state index contributed by atoms with van der Waals surface area (Å²) in [7, 11) is 1.36. The Kier molecular flexibility index (Phi) is 3.19. The van der Waals surface area contributed by atoms with Crippen molar-refractivity contribution >= 4 is 29.5 Å². The molecule has 3 N–H and O–H groups in total. The van der Waals surface area contributed by atoms with E-state index in [1.165, 1.54) is 7.11 Å². The van der Waals surface area contributed by atoms with E-state index in [9.17, 15) is 4.79 Å². The maximum atomic E-state index is 11.1. The van der Waals surface area contributed by atoms with Gasteiger partial charge in [-0.1, -0.05) is 11.6 Å². The fourth-order valence-electron chi connectivity index (χ4n) is 1.57. The van der Waals surface area contributed by atoms with Gasteiger partial charge in [0.1, 0.15) is 11.0 Å². The maximum Gasteiger partial charge on any atom is 0.409 e. The van der Waals surface area contributed by atoms with Gasteiger partial charge < -0.3 is 20.7 Å². The number of rotatable bonds is 2. The fraction of sp³-hybridized carbons (Fsp3) is 0.444. The number of hydrogen-bond acceptors (Lipinski definition) is 6. The lowest BCUT2D eigenvalue weighted by atomic mass is 10.1. The van der Waals surface area contributed by atoms with Crippen LogP contribution >= 0.6 is 11.6 Å². The number of halogens is 1. The Hall–Kier alpha value is -1.76. The summed E-state index contributed by atoms with van der Waals surface area (Å²) in [5.41, 5.74) is 5.46. The Morgan fingerprint density at radius 2 is 2.35 bits per heavy atom. The van der Waals surface area contributed by atoms with Crippen molar-refractivity contribution in [3.8, 4) is 0 Å². The number of hydrogen-bond donors (Lipinski definition) is 2. The van der Waals surface area contributed by atoms with Crippen LogP contribution in [-0.2, 0) is 4.74 Å². The molecular weight excluding hydrogens is 246 g/mol. The summed E-state index contributed by atoms with van der Waals surface area (Å²) < 4.78 is 4.58. The van der Waals surface area contributed by atoms with E-state index in [-0.39, 0.29) is 23.2 Å². The average Bonchev–Trinajstić information content (AvgIpc) is 2.20. The van der Waals surface area contributed by atoms with E-state index in [0.29, 0.717) is 18.9 Å². The first kappa shape index (κ1) is 11.7. The lowest BCUT2D eigenvalue weighted by Crippen LogP contribution is -2.57. The lowest BCUT2D eigenvalue weighted by Gasteiger charge is -2.38. The smallest absolute Gasteiger partial charge is 0.409 e. The van der Waals surface area contributed by atoms with E-state index in [1.54, 1.807) is 11.0 Å². The molecule has 0 unspecified atom stereocenters. The SMILES string of the molecule is COC(=O)N1CC(Nc2cc(Cl)nc(N)n2)C1. The van der Waals surface area contributed by atoms with E-state index >= 15 is 0 Å². The quantitative estimate of drug-likeness (QED) is 0.753. The molecule has 1 fully saturated rings. The molecule has 0 atom stereocenters. The summed E-state index contributed by atoms with van der Waals surface area (Å²) in [5, 5.41) is 3.39. The normalized spacial score (nSPS) is 15.3. The fourth-order valence-corrected chi connectivity index (χ4v) is 1.76. The standard InChI is InChI=1S/C9H12ClN5O2/c1-17-9(16)15-3-5(4-15)12-7-2-6(10)13-8(11)14-7/h2,5H,3-4H2,1H3,(H3,11,12,13,14). The van der Waals surface area contributed by atoms with Crippen LogP contribution in [0.15, 0.2) is 6.07 Å². The minimum atomic E-state index is -0.330.